The number of aryl methyl sites for hydroxylation is 1. The van der Waals surface area contributed by atoms with Gasteiger partial charge in [0.1, 0.15) is 0 Å². The predicted molar refractivity (Wildman–Crippen MR) is 127 cm³/mol. The Hall–Kier alpha value is -4.46. The second-order valence-corrected chi connectivity index (χ2v) is 7.64. The number of hydrogen-bond acceptors (Lipinski definition) is 5. The molecule has 1 heterocycles. The van der Waals surface area contributed by atoms with Gasteiger partial charge in [0.25, 0.3) is 11.6 Å². The summed E-state index contributed by atoms with van der Waals surface area (Å²) in [7, 11) is 0. The molecule has 0 fully saturated rings. The van der Waals surface area contributed by atoms with E-state index in [9.17, 15) is 14.4 Å². The smallest absolute Gasteiger partial charge is 0.302 e. The third-order valence-corrected chi connectivity index (χ3v) is 5.08. The number of nitrogens with zero attached hydrogens (tertiary/aromatic N) is 2. The molecule has 0 bridgehead atoms. The van der Waals surface area contributed by atoms with Crippen molar-refractivity contribution in [1.29, 1.82) is 0 Å². The summed E-state index contributed by atoms with van der Waals surface area (Å²) in [6.07, 6.45) is 0. The highest BCUT2D eigenvalue weighted by atomic mass is 16.2. The number of benzene rings is 3. The van der Waals surface area contributed by atoms with E-state index in [4.69, 9.17) is 0 Å². The van der Waals surface area contributed by atoms with Gasteiger partial charge in [-0.05, 0) is 43.3 Å². The molecule has 8 heteroatoms. The van der Waals surface area contributed by atoms with E-state index in [0.717, 1.165) is 10.6 Å². The highest BCUT2D eigenvalue weighted by Crippen LogP contribution is 2.28. The molecule has 1 aliphatic rings. The van der Waals surface area contributed by atoms with E-state index < -0.39 is 23.4 Å². The van der Waals surface area contributed by atoms with Crippen LogP contribution >= 0.6 is 0 Å². The van der Waals surface area contributed by atoms with Crippen LogP contribution in [0, 0.1) is 6.92 Å². The lowest BCUT2D eigenvalue weighted by Crippen LogP contribution is -2.67. The first-order valence-corrected chi connectivity index (χ1v) is 10.4. The van der Waals surface area contributed by atoms with Crippen molar-refractivity contribution in [3.8, 4) is 0 Å². The minimum Gasteiger partial charge on any atom is -0.348 e. The maximum Gasteiger partial charge on any atom is 0.302 e. The molecule has 0 spiro atoms. The van der Waals surface area contributed by atoms with Crippen molar-refractivity contribution in [2.45, 2.75) is 19.5 Å². The second-order valence-electron chi connectivity index (χ2n) is 7.64. The van der Waals surface area contributed by atoms with Gasteiger partial charge < -0.3 is 16.0 Å². The first-order chi connectivity index (χ1) is 15.9. The van der Waals surface area contributed by atoms with Crippen molar-refractivity contribution in [2.24, 2.45) is 5.10 Å². The van der Waals surface area contributed by atoms with E-state index >= 15 is 0 Å². The number of hydrazone groups is 1. The van der Waals surface area contributed by atoms with Crippen LogP contribution in [0.3, 0.4) is 0 Å². The molecule has 1 atom stereocenters. The van der Waals surface area contributed by atoms with E-state index in [1.807, 2.05) is 31.2 Å². The molecule has 3 aromatic carbocycles. The zero-order valence-corrected chi connectivity index (χ0v) is 18.2. The van der Waals surface area contributed by atoms with Crippen LogP contribution < -0.4 is 21.0 Å². The fourth-order valence-electron chi connectivity index (χ4n) is 3.49. The monoisotopic (exact) mass is 441 g/mol. The van der Waals surface area contributed by atoms with Crippen molar-refractivity contribution >= 4 is 34.9 Å². The van der Waals surface area contributed by atoms with Gasteiger partial charge in [0.2, 0.25) is 5.91 Å². The number of amidine groups is 1. The Morgan fingerprint density at radius 3 is 2.09 bits per heavy atom. The SMILES string of the molecule is CC(=O)NC1(Nc2ccccc2)C(=O)N(c2ccccc2)N=C1NC(=O)c1ccc(C)cc1. The summed E-state index contributed by atoms with van der Waals surface area (Å²) in [6, 6.07) is 24.7. The lowest BCUT2D eigenvalue weighted by molar-refractivity contribution is -0.127. The normalized spacial score (nSPS) is 17.3. The standard InChI is InChI=1S/C25H23N5O3/c1-17-13-15-19(16-14-17)22(32)26-23-25(27-18(2)31,28-20-9-5-3-6-10-20)24(33)30(29-23)21-11-7-4-8-12-21/h3-16,28H,1-2H3,(H,27,31)(H,26,29,32). The van der Waals surface area contributed by atoms with E-state index in [2.05, 4.69) is 21.1 Å². The van der Waals surface area contributed by atoms with Crippen LogP contribution in [0.25, 0.3) is 0 Å². The van der Waals surface area contributed by atoms with Gasteiger partial charge in [0.15, 0.2) is 5.84 Å². The quantitative estimate of drug-likeness (QED) is 0.530. The molecular weight excluding hydrogens is 418 g/mol. The minimum absolute atomic E-state index is 0.0408. The van der Waals surface area contributed by atoms with Crippen LogP contribution in [0.15, 0.2) is 90.0 Å². The van der Waals surface area contributed by atoms with Crippen LogP contribution in [-0.2, 0) is 9.59 Å². The molecule has 0 saturated carbocycles. The third-order valence-electron chi connectivity index (χ3n) is 5.08. The maximum absolute atomic E-state index is 13.7. The van der Waals surface area contributed by atoms with Crippen LogP contribution in [-0.4, -0.2) is 29.2 Å². The number of amides is 3. The summed E-state index contributed by atoms with van der Waals surface area (Å²) < 4.78 is 0. The largest absolute Gasteiger partial charge is 0.348 e. The number of nitrogens with one attached hydrogen (secondary N) is 3. The van der Waals surface area contributed by atoms with E-state index in [1.165, 1.54) is 6.92 Å². The summed E-state index contributed by atoms with van der Waals surface area (Å²) in [5.41, 5.74) is 0.640. The van der Waals surface area contributed by atoms with Gasteiger partial charge in [0.05, 0.1) is 5.69 Å². The molecule has 8 nitrogen and oxygen atoms in total. The molecule has 3 aromatic rings. The molecular formula is C25H23N5O3. The zero-order chi connectivity index (χ0) is 23.4. The lowest BCUT2D eigenvalue weighted by atomic mass is 10.1. The number of carbonyl (C=O) groups excluding carboxylic acids is 3. The molecule has 4 rings (SSSR count). The molecule has 0 aromatic heterocycles. The van der Waals surface area contributed by atoms with Crippen LogP contribution in [0.1, 0.15) is 22.8 Å². The Morgan fingerprint density at radius 2 is 1.48 bits per heavy atom. The average Bonchev–Trinajstić information content (AvgIpc) is 3.06. The molecule has 166 valence electrons. The topological polar surface area (TPSA) is 103 Å². The van der Waals surface area contributed by atoms with Crippen molar-refractivity contribution in [3.05, 3.63) is 96.1 Å². The van der Waals surface area contributed by atoms with Crippen molar-refractivity contribution in [1.82, 2.24) is 10.6 Å². The number of rotatable bonds is 5. The van der Waals surface area contributed by atoms with Gasteiger partial charge in [0, 0.05) is 18.2 Å². The number of anilines is 2. The Bertz CT molecular complexity index is 1210. The average molecular weight is 441 g/mol. The molecule has 1 aliphatic heterocycles. The Morgan fingerprint density at radius 1 is 0.879 bits per heavy atom. The first kappa shape index (κ1) is 21.8. The fraction of sp³-hybridized carbons (Fsp3) is 0.120. The summed E-state index contributed by atoms with van der Waals surface area (Å²) in [5.74, 6) is -1.53. The van der Waals surface area contributed by atoms with Crippen LogP contribution in [0.5, 0.6) is 0 Å². The number of para-hydroxylation sites is 2. The first-order valence-electron chi connectivity index (χ1n) is 10.4. The van der Waals surface area contributed by atoms with Crippen LogP contribution in [0.4, 0.5) is 11.4 Å². The van der Waals surface area contributed by atoms with Gasteiger partial charge in [-0.1, -0.05) is 54.1 Å². The second kappa shape index (κ2) is 8.96. The fourth-order valence-corrected chi connectivity index (χ4v) is 3.49. The molecule has 3 amide bonds. The van der Waals surface area contributed by atoms with Crippen molar-refractivity contribution in [3.63, 3.8) is 0 Å². The summed E-state index contributed by atoms with van der Waals surface area (Å²) in [6.45, 7) is 3.22. The van der Waals surface area contributed by atoms with Gasteiger partial charge in [-0.3, -0.25) is 14.4 Å². The Balaban J connectivity index is 1.78. The van der Waals surface area contributed by atoms with Gasteiger partial charge >= 0.3 is 5.91 Å². The highest BCUT2D eigenvalue weighted by molar-refractivity contribution is 6.28. The number of hydrogen-bond donors (Lipinski definition) is 3. The van der Waals surface area contributed by atoms with Crippen molar-refractivity contribution < 1.29 is 14.4 Å². The third kappa shape index (κ3) is 4.45. The Labute approximate surface area is 191 Å². The maximum atomic E-state index is 13.7. The van der Waals surface area contributed by atoms with E-state index in [1.54, 1.807) is 60.7 Å². The van der Waals surface area contributed by atoms with E-state index in [0.29, 0.717) is 16.9 Å². The summed E-state index contributed by atoms with van der Waals surface area (Å²) >= 11 is 0. The van der Waals surface area contributed by atoms with Gasteiger partial charge in [-0.2, -0.15) is 5.01 Å². The highest BCUT2D eigenvalue weighted by Gasteiger charge is 2.54. The molecule has 0 aliphatic carbocycles. The Kier molecular flexibility index (Phi) is 5.91. The summed E-state index contributed by atoms with van der Waals surface area (Å²) in [4.78, 5) is 39.0. The zero-order valence-electron chi connectivity index (χ0n) is 18.2. The van der Waals surface area contributed by atoms with Gasteiger partial charge in [-0.25, -0.2) is 0 Å². The van der Waals surface area contributed by atoms with Crippen molar-refractivity contribution in [2.75, 3.05) is 10.3 Å². The summed E-state index contributed by atoms with van der Waals surface area (Å²) in [5, 5.41) is 14.1. The molecule has 3 N–H and O–H groups in total. The minimum atomic E-state index is -1.82. The van der Waals surface area contributed by atoms with Gasteiger partial charge in [-0.15, -0.1) is 5.10 Å². The molecule has 0 saturated heterocycles. The molecule has 0 radical (unpaired) electrons. The lowest BCUT2D eigenvalue weighted by Gasteiger charge is -2.31. The van der Waals surface area contributed by atoms with E-state index in [-0.39, 0.29) is 5.84 Å². The predicted octanol–water partition coefficient (Wildman–Crippen LogP) is 3.03. The molecule has 33 heavy (non-hydrogen) atoms. The molecule has 1 unspecified atom stereocenters. The van der Waals surface area contributed by atoms with Crippen LogP contribution in [0.2, 0.25) is 0 Å². The number of carbonyl (C=O) groups is 3.